The summed E-state index contributed by atoms with van der Waals surface area (Å²) < 4.78 is 10.2. The Kier molecular flexibility index (Phi) is 8.58. The number of thioether (sulfide) groups is 1. The van der Waals surface area contributed by atoms with Gasteiger partial charge in [-0.2, -0.15) is 0 Å². The van der Waals surface area contributed by atoms with E-state index in [4.69, 9.17) is 14.5 Å². The number of para-hydroxylation sites is 1. The predicted molar refractivity (Wildman–Crippen MR) is 144 cm³/mol. The minimum absolute atomic E-state index is 0.0291. The lowest BCUT2D eigenvalue weighted by Gasteiger charge is -2.32. The van der Waals surface area contributed by atoms with E-state index in [2.05, 4.69) is 5.32 Å². The molecule has 1 atom stereocenters. The maximum absolute atomic E-state index is 13.2. The van der Waals surface area contributed by atoms with Crippen LogP contribution in [-0.2, 0) is 20.9 Å². The van der Waals surface area contributed by atoms with Crippen LogP contribution in [0.3, 0.4) is 0 Å². The highest BCUT2D eigenvalue weighted by molar-refractivity contribution is 8.15. The Bertz CT molecular complexity index is 1280. The number of hydrogen-bond donors (Lipinski definition) is 1. The zero-order valence-electron chi connectivity index (χ0n) is 20.5. The Morgan fingerprint density at radius 3 is 2.38 bits per heavy atom. The number of esters is 1. The Labute approximate surface area is 219 Å². The van der Waals surface area contributed by atoms with Crippen molar-refractivity contribution in [2.45, 2.75) is 25.1 Å². The van der Waals surface area contributed by atoms with Gasteiger partial charge in [0, 0.05) is 12.1 Å². The molecule has 0 aromatic heterocycles. The van der Waals surface area contributed by atoms with Crippen molar-refractivity contribution in [3.8, 4) is 5.75 Å². The number of aliphatic imine (C=N–C) groups is 1. The Morgan fingerprint density at radius 1 is 1.03 bits per heavy atom. The van der Waals surface area contributed by atoms with Crippen molar-refractivity contribution in [3.05, 3.63) is 90.0 Å². The van der Waals surface area contributed by atoms with E-state index in [1.165, 1.54) is 11.8 Å². The number of hydrogen-bond acceptors (Lipinski definition) is 7. The Hall–Kier alpha value is -4.11. The molecule has 0 aliphatic carbocycles. The fourth-order valence-corrected chi connectivity index (χ4v) is 4.75. The third-order valence-electron chi connectivity index (χ3n) is 5.58. The highest BCUT2D eigenvalue weighted by Gasteiger charge is 2.36. The van der Waals surface area contributed by atoms with Crippen molar-refractivity contribution in [2.24, 2.45) is 4.99 Å². The lowest BCUT2D eigenvalue weighted by Crippen LogP contribution is -2.44. The topological polar surface area (TPSA) is 97.3 Å². The van der Waals surface area contributed by atoms with E-state index in [9.17, 15) is 14.4 Å². The first-order valence-electron chi connectivity index (χ1n) is 11.8. The highest BCUT2D eigenvalue weighted by Crippen LogP contribution is 2.31. The molecule has 1 fully saturated rings. The molecule has 1 saturated heterocycles. The van der Waals surface area contributed by atoms with Crippen molar-refractivity contribution >= 4 is 46.1 Å². The molecule has 1 aliphatic heterocycles. The fraction of sp³-hybridized carbons (Fsp3) is 0.214. The quantitative estimate of drug-likeness (QED) is 0.421. The van der Waals surface area contributed by atoms with Gasteiger partial charge in [-0.25, -0.2) is 9.79 Å². The number of amidine groups is 1. The number of nitrogens with one attached hydrogen (secondary N) is 1. The lowest BCUT2D eigenvalue weighted by atomic mass is 10.1. The fourth-order valence-electron chi connectivity index (χ4n) is 3.65. The molecule has 190 valence electrons. The van der Waals surface area contributed by atoms with Gasteiger partial charge in [-0.15, -0.1) is 0 Å². The summed E-state index contributed by atoms with van der Waals surface area (Å²) in [5.41, 5.74) is 2.52. The van der Waals surface area contributed by atoms with Crippen molar-refractivity contribution in [1.82, 2.24) is 4.90 Å². The first kappa shape index (κ1) is 26.0. The molecule has 0 spiro atoms. The summed E-state index contributed by atoms with van der Waals surface area (Å²) in [4.78, 5) is 44.5. The van der Waals surface area contributed by atoms with Gasteiger partial charge in [-0.3, -0.25) is 14.5 Å². The molecule has 0 unspecified atom stereocenters. The standard InChI is InChI=1S/C28H27N3O5S/c1-3-36-27(34)20-11-13-22(14-12-20)29-26(33)24-17-25(32)31(18-19-9-15-23(35-2)16-10-19)28(37-24)30-21-7-5-4-6-8-21/h4-16,24H,3,17-18H2,1-2H3,(H,29,33)/t24-/m0/s1. The Morgan fingerprint density at radius 2 is 1.73 bits per heavy atom. The molecule has 4 rings (SSSR count). The number of ether oxygens (including phenoxy) is 2. The van der Waals surface area contributed by atoms with Crippen LogP contribution in [0.2, 0.25) is 0 Å². The minimum Gasteiger partial charge on any atom is -0.497 e. The number of methoxy groups -OCH3 is 1. The molecule has 0 saturated carbocycles. The molecule has 0 bridgehead atoms. The summed E-state index contributed by atoms with van der Waals surface area (Å²) in [6.07, 6.45) is 0.0291. The van der Waals surface area contributed by atoms with Gasteiger partial charge in [0.25, 0.3) is 0 Å². The number of carbonyl (C=O) groups excluding carboxylic acids is 3. The van der Waals surface area contributed by atoms with E-state index in [-0.39, 0.29) is 24.8 Å². The molecule has 8 nitrogen and oxygen atoms in total. The summed E-state index contributed by atoms with van der Waals surface area (Å²) >= 11 is 1.25. The Balaban J connectivity index is 1.51. The van der Waals surface area contributed by atoms with Crippen molar-refractivity contribution in [1.29, 1.82) is 0 Å². The third kappa shape index (κ3) is 6.77. The van der Waals surface area contributed by atoms with E-state index in [1.54, 1.807) is 43.2 Å². The average molecular weight is 518 g/mol. The molecule has 1 N–H and O–H groups in total. The second-order valence-electron chi connectivity index (χ2n) is 8.16. The SMILES string of the molecule is CCOC(=O)c1ccc(NC(=O)[C@@H]2CC(=O)N(Cc3ccc(OC)cc3)C(=Nc3ccccc3)S2)cc1. The van der Waals surface area contributed by atoms with Gasteiger partial charge in [0.05, 0.1) is 31.5 Å². The molecule has 2 amide bonds. The van der Waals surface area contributed by atoms with Crippen LogP contribution in [0.1, 0.15) is 29.3 Å². The zero-order chi connectivity index (χ0) is 26.2. The van der Waals surface area contributed by atoms with E-state index >= 15 is 0 Å². The maximum Gasteiger partial charge on any atom is 0.338 e. The van der Waals surface area contributed by atoms with Gasteiger partial charge in [0.15, 0.2) is 5.17 Å². The second kappa shape index (κ2) is 12.2. The summed E-state index contributed by atoms with van der Waals surface area (Å²) in [6, 6.07) is 23.2. The second-order valence-corrected chi connectivity index (χ2v) is 9.33. The van der Waals surface area contributed by atoms with Gasteiger partial charge in [-0.1, -0.05) is 42.1 Å². The molecular weight excluding hydrogens is 490 g/mol. The van der Waals surface area contributed by atoms with E-state index < -0.39 is 11.2 Å². The minimum atomic E-state index is -0.660. The predicted octanol–water partition coefficient (Wildman–Crippen LogP) is 5.03. The summed E-state index contributed by atoms with van der Waals surface area (Å²) in [5.74, 6) is -0.199. The van der Waals surface area contributed by atoms with Gasteiger partial charge in [0.2, 0.25) is 11.8 Å². The van der Waals surface area contributed by atoms with Gasteiger partial charge >= 0.3 is 5.97 Å². The molecular formula is C28H27N3O5S. The number of amides is 2. The van der Waals surface area contributed by atoms with Crippen LogP contribution in [-0.4, -0.2) is 46.8 Å². The number of nitrogens with zero attached hydrogens (tertiary/aromatic N) is 2. The first-order valence-corrected chi connectivity index (χ1v) is 12.7. The maximum atomic E-state index is 13.2. The zero-order valence-corrected chi connectivity index (χ0v) is 21.4. The molecule has 0 radical (unpaired) electrons. The van der Waals surface area contributed by atoms with Crippen LogP contribution in [0.15, 0.2) is 83.9 Å². The largest absolute Gasteiger partial charge is 0.497 e. The number of rotatable bonds is 8. The molecule has 37 heavy (non-hydrogen) atoms. The van der Waals surface area contributed by atoms with Gasteiger partial charge in [-0.05, 0) is 61.0 Å². The summed E-state index contributed by atoms with van der Waals surface area (Å²) in [5, 5.41) is 2.63. The van der Waals surface area contributed by atoms with Crippen LogP contribution in [0.25, 0.3) is 0 Å². The van der Waals surface area contributed by atoms with Crippen LogP contribution in [0, 0.1) is 0 Å². The normalized spacial score (nSPS) is 16.4. The van der Waals surface area contributed by atoms with Crippen molar-refractivity contribution < 1.29 is 23.9 Å². The van der Waals surface area contributed by atoms with E-state index in [0.717, 1.165) is 11.3 Å². The molecule has 1 aliphatic rings. The molecule has 1 heterocycles. The smallest absolute Gasteiger partial charge is 0.338 e. The van der Waals surface area contributed by atoms with E-state index in [1.807, 2.05) is 54.6 Å². The van der Waals surface area contributed by atoms with Gasteiger partial charge in [0.1, 0.15) is 11.0 Å². The number of benzene rings is 3. The third-order valence-corrected chi connectivity index (χ3v) is 6.76. The van der Waals surface area contributed by atoms with Crippen LogP contribution >= 0.6 is 11.8 Å². The highest BCUT2D eigenvalue weighted by atomic mass is 32.2. The summed E-state index contributed by atoms with van der Waals surface area (Å²) in [7, 11) is 1.60. The van der Waals surface area contributed by atoms with Crippen molar-refractivity contribution in [3.63, 3.8) is 0 Å². The number of anilines is 1. The van der Waals surface area contributed by atoms with E-state index in [0.29, 0.717) is 28.7 Å². The van der Waals surface area contributed by atoms with Crippen molar-refractivity contribution in [2.75, 3.05) is 19.0 Å². The monoisotopic (exact) mass is 517 g/mol. The average Bonchev–Trinajstić information content (AvgIpc) is 2.92. The lowest BCUT2D eigenvalue weighted by molar-refractivity contribution is -0.129. The molecule has 3 aromatic rings. The molecule has 3 aromatic carbocycles. The first-order chi connectivity index (χ1) is 18.0. The van der Waals surface area contributed by atoms with Gasteiger partial charge < -0.3 is 14.8 Å². The summed E-state index contributed by atoms with van der Waals surface area (Å²) in [6.45, 7) is 2.35. The van der Waals surface area contributed by atoms with Crippen LogP contribution in [0.5, 0.6) is 5.75 Å². The van der Waals surface area contributed by atoms with Crippen LogP contribution < -0.4 is 10.1 Å². The number of carbonyl (C=O) groups is 3. The molecule has 9 heteroatoms. The van der Waals surface area contributed by atoms with Crippen LogP contribution in [0.4, 0.5) is 11.4 Å².